The van der Waals surface area contributed by atoms with Crippen molar-refractivity contribution in [2.45, 2.75) is 12.5 Å². The standard InChI is InChI=1S/C13H14N2O3S/c16-11(17)6-7-14-12(18)10-8-19-13(15-10)9-4-2-1-3-5-9/h1-5,10H,6-8H2,(H,14,18)(H,16,17). The molecule has 0 aliphatic carbocycles. The number of nitrogens with one attached hydrogen (secondary N) is 1. The Morgan fingerprint density at radius 1 is 1.37 bits per heavy atom. The fourth-order valence-corrected chi connectivity index (χ4v) is 2.70. The molecule has 2 rings (SSSR count). The molecule has 0 fully saturated rings. The fourth-order valence-electron chi connectivity index (χ4n) is 1.66. The Labute approximate surface area is 115 Å². The van der Waals surface area contributed by atoms with E-state index in [0.717, 1.165) is 10.6 Å². The zero-order chi connectivity index (χ0) is 13.7. The van der Waals surface area contributed by atoms with E-state index in [1.807, 2.05) is 30.3 Å². The van der Waals surface area contributed by atoms with Crippen LogP contribution in [0.4, 0.5) is 0 Å². The van der Waals surface area contributed by atoms with Gasteiger partial charge in [-0.1, -0.05) is 30.3 Å². The van der Waals surface area contributed by atoms with Gasteiger partial charge in [-0.2, -0.15) is 0 Å². The summed E-state index contributed by atoms with van der Waals surface area (Å²) in [6.45, 7) is 0.144. The van der Waals surface area contributed by atoms with E-state index < -0.39 is 12.0 Å². The number of nitrogens with zero attached hydrogens (tertiary/aromatic N) is 1. The van der Waals surface area contributed by atoms with Gasteiger partial charge in [0.05, 0.1) is 11.5 Å². The maximum Gasteiger partial charge on any atom is 0.305 e. The minimum Gasteiger partial charge on any atom is -0.481 e. The van der Waals surface area contributed by atoms with Gasteiger partial charge in [-0.15, -0.1) is 11.8 Å². The third-order valence-electron chi connectivity index (χ3n) is 2.61. The number of hydrogen-bond donors (Lipinski definition) is 2. The number of benzene rings is 1. The Hall–Kier alpha value is -1.82. The molecule has 1 aliphatic heterocycles. The molecule has 1 amide bonds. The van der Waals surface area contributed by atoms with E-state index in [9.17, 15) is 9.59 Å². The number of carboxylic acid groups (broad SMARTS) is 1. The molecule has 2 N–H and O–H groups in total. The second kappa shape index (κ2) is 6.38. The Kier molecular flexibility index (Phi) is 4.57. The van der Waals surface area contributed by atoms with E-state index in [-0.39, 0.29) is 18.9 Å². The summed E-state index contributed by atoms with van der Waals surface area (Å²) < 4.78 is 0. The average molecular weight is 278 g/mol. The molecule has 100 valence electrons. The third kappa shape index (κ3) is 3.82. The molecule has 0 aromatic heterocycles. The molecule has 0 radical (unpaired) electrons. The number of thioether (sulfide) groups is 1. The van der Waals surface area contributed by atoms with Gasteiger partial charge in [-0.3, -0.25) is 14.6 Å². The first-order valence-corrected chi connectivity index (χ1v) is 6.91. The fraction of sp³-hybridized carbons (Fsp3) is 0.308. The molecule has 1 aliphatic rings. The SMILES string of the molecule is O=C(O)CCNC(=O)C1CSC(c2ccccc2)=N1. The summed E-state index contributed by atoms with van der Waals surface area (Å²) in [5.74, 6) is -0.530. The van der Waals surface area contributed by atoms with Crippen LogP contribution in [-0.2, 0) is 9.59 Å². The number of amides is 1. The maximum atomic E-state index is 11.8. The van der Waals surface area contributed by atoms with Gasteiger partial charge >= 0.3 is 5.97 Å². The molecule has 5 nitrogen and oxygen atoms in total. The van der Waals surface area contributed by atoms with Crippen LogP contribution in [0.15, 0.2) is 35.3 Å². The monoisotopic (exact) mass is 278 g/mol. The predicted molar refractivity (Wildman–Crippen MR) is 74.5 cm³/mol. The van der Waals surface area contributed by atoms with Crippen LogP contribution >= 0.6 is 11.8 Å². The lowest BCUT2D eigenvalue weighted by Crippen LogP contribution is -2.35. The zero-order valence-electron chi connectivity index (χ0n) is 10.2. The van der Waals surface area contributed by atoms with Crippen LogP contribution in [0.3, 0.4) is 0 Å². The Morgan fingerprint density at radius 3 is 2.79 bits per heavy atom. The number of hydrogen-bond acceptors (Lipinski definition) is 4. The first kappa shape index (κ1) is 13.6. The van der Waals surface area contributed by atoms with E-state index >= 15 is 0 Å². The van der Waals surface area contributed by atoms with Crippen molar-refractivity contribution in [1.82, 2.24) is 5.32 Å². The first-order chi connectivity index (χ1) is 9.16. The van der Waals surface area contributed by atoms with Gasteiger partial charge in [0.15, 0.2) is 0 Å². The molecule has 6 heteroatoms. The van der Waals surface area contributed by atoms with Gasteiger partial charge in [0.2, 0.25) is 5.91 Å². The predicted octanol–water partition coefficient (Wildman–Crippen LogP) is 1.14. The number of rotatable bonds is 5. The number of carbonyl (C=O) groups is 2. The van der Waals surface area contributed by atoms with Gasteiger partial charge in [0.1, 0.15) is 6.04 Å². The minimum absolute atomic E-state index is 0.0686. The quantitative estimate of drug-likeness (QED) is 0.846. The number of carboxylic acids is 1. The highest BCUT2D eigenvalue weighted by Gasteiger charge is 2.25. The lowest BCUT2D eigenvalue weighted by molar-refractivity contribution is -0.136. The van der Waals surface area contributed by atoms with Crippen molar-refractivity contribution in [3.05, 3.63) is 35.9 Å². The summed E-state index contributed by atoms with van der Waals surface area (Å²) in [6.07, 6.45) is -0.0686. The summed E-state index contributed by atoms with van der Waals surface area (Å²) in [5.41, 5.74) is 1.01. The van der Waals surface area contributed by atoms with Crippen LogP contribution in [-0.4, -0.2) is 40.4 Å². The lowest BCUT2D eigenvalue weighted by atomic mass is 10.2. The molecule has 19 heavy (non-hydrogen) atoms. The minimum atomic E-state index is -0.922. The lowest BCUT2D eigenvalue weighted by Gasteiger charge is -2.06. The molecule has 1 aromatic rings. The van der Waals surface area contributed by atoms with Crippen LogP contribution in [0.2, 0.25) is 0 Å². The van der Waals surface area contributed by atoms with Crippen molar-refractivity contribution in [2.75, 3.05) is 12.3 Å². The van der Waals surface area contributed by atoms with Crippen LogP contribution in [0.1, 0.15) is 12.0 Å². The summed E-state index contributed by atoms with van der Waals surface area (Å²) in [6, 6.07) is 9.28. The smallest absolute Gasteiger partial charge is 0.305 e. The van der Waals surface area contributed by atoms with Gasteiger partial charge in [-0.25, -0.2) is 0 Å². The van der Waals surface area contributed by atoms with Gasteiger partial charge in [-0.05, 0) is 0 Å². The van der Waals surface area contributed by atoms with E-state index in [1.165, 1.54) is 0 Å². The Bertz CT molecular complexity index is 502. The molecular weight excluding hydrogens is 264 g/mol. The second-order valence-corrected chi connectivity index (χ2v) is 5.07. The van der Waals surface area contributed by atoms with E-state index in [4.69, 9.17) is 5.11 Å². The summed E-state index contributed by atoms with van der Waals surface area (Å²) >= 11 is 1.54. The number of aliphatic imine (C=N–C) groups is 1. The van der Waals surface area contributed by atoms with Crippen LogP contribution in [0.25, 0.3) is 0 Å². The van der Waals surface area contributed by atoms with E-state index in [0.29, 0.717) is 5.75 Å². The van der Waals surface area contributed by atoms with Crippen molar-refractivity contribution < 1.29 is 14.7 Å². The molecule has 1 unspecified atom stereocenters. The normalized spacial score (nSPS) is 17.9. The highest BCUT2D eigenvalue weighted by atomic mass is 32.2. The Balaban J connectivity index is 1.91. The van der Waals surface area contributed by atoms with Crippen LogP contribution in [0, 0.1) is 0 Å². The van der Waals surface area contributed by atoms with Crippen molar-refractivity contribution in [3.8, 4) is 0 Å². The first-order valence-electron chi connectivity index (χ1n) is 5.92. The van der Waals surface area contributed by atoms with Crippen molar-refractivity contribution >= 4 is 28.7 Å². The van der Waals surface area contributed by atoms with Crippen molar-refractivity contribution in [2.24, 2.45) is 4.99 Å². The van der Waals surface area contributed by atoms with Gasteiger partial charge in [0, 0.05) is 17.9 Å². The van der Waals surface area contributed by atoms with Crippen LogP contribution < -0.4 is 5.32 Å². The molecule has 1 aromatic carbocycles. The van der Waals surface area contributed by atoms with Gasteiger partial charge in [0.25, 0.3) is 0 Å². The molecule has 0 saturated heterocycles. The number of aliphatic carboxylic acids is 1. The third-order valence-corrected chi connectivity index (χ3v) is 3.71. The van der Waals surface area contributed by atoms with Crippen molar-refractivity contribution in [1.29, 1.82) is 0 Å². The number of carbonyl (C=O) groups excluding carboxylic acids is 1. The summed E-state index contributed by atoms with van der Waals surface area (Å²) in [4.78, 5) is 26.5. The van der Waals surface area contributed by atoms with Gasteiger partial charge < -0.3 is 10.4 Å². The van der Waals surface area contributed by atoms with Crippen molar-refractivity contribution in [3.63, 3.8) is 0 Å². The molecule has 1 heterocycles. The summed E-state index contributed by atoms with van der Waals surface area (Å²) in [7, 11) is 0. The second-order valence-electron chi connectivity index (χ2n) is 4.06. The molecule has 0 spiro atoms. The van der Waals surface area contributed by atoms with Crippen LogP contribution in [0.5, 0.6) is 0 Å². The Morgan fingerprint density at radius 2 is 2.11 bits per heavy atom. The molecule has 0 bridgehead atoms. The topological polar surface area (TPSA) is 78.8 Å². The highest BCUT2D eigenvalue weighted by Crippen LogP contribution is 2.23. The molecular formula is C13H14N2O3S. The van der Waals surface area contributed by atoms with E-state index in [2.05, 4.69) is 10.3 Å². The van der Waals surface area contributed by atoms with E-state index in [1.54, 1.807) is 11.8 Å². The molecule has 1 atom stereocenters. The highest BCUT2D eigenvalue weighted by molar-refractivity contribution is 8.14. The zero-order valence-corrected chi connectivity index (χ0v) is 11.0. The molecule has 0 saturated carbocycles. The average Bonchev–Trinajstić information content (AvgIpc) is 2.89. The summed E-state index contributed by atoms with van der Waals surface area (Å²) in [5, 5.41) is 11.9. The maximum absolute atomic E-state index is 11.8. The largest absolute Gasteiger partial charge is 0.481 e.